The van der Waals surface area contributed by atoms with E-state index in [1.165, 1.54) is 37.5 Å². The smallest absolute Gasteiger partial charge is 0.0488 e. The van der Waals surface area contributed by atoms with Gasteiger partial charge in [0.25, 0.3) is 0 Å². The quantitative estimate of drug-likeness (QED) is 0.673. The Hall–Kier alpha value is -0.420. The van der Waals surface area contributed by atoms with E-state index in [4.69, 9.17) is 0 Å². The molecule has 0 unspecified atom stereocenters. The first kappa shape index (κ1) is 13.6. The van der Waals surface area contributed by atoms with Crippen molar-refractivity contribution in [3.8, 4) is 0 Å². The number of hydrogen-bond acceptors (Lipinski definition) is 4. The van der Waals surface area contributed by atoms with Crippen LogP contribution in [0.1, 0.15) is 16.2 Å². The van der Waals surface area contributed by atoms with Crippen molar-refractivity contribution in [2.45, 2.75) is 6.42 Å². The standard InChI is InChI=1S/C15H14S4/c1-4-12(16-8-1)6-7-13(14-5-2-9-17-14)15-18-10-3-11-19-15/h1-2,4-9H,3,10-11H2/b7-6+. The molecule has 0 N–H and O–H groups in total. The molecular weight excluding hydrogens is 308 g/mol. The van der Waals surface area contributed by atoms with Crippen LogP contribution in [0.4, 0.5) is 0 Å². The van der Waals surface area contributed by atoms with Crippen LogP contribution >= 0.6 is 46.2 Å². The van der Waals surface area contributed by atoms with E-state index in [1.807, 2.05) is 34.9 Å². The molecule has 0 spiro atoms. The van der Waals surface area contributed by atoms with Crippen LogP contribution in [-0.4, -0.2) is 11.5 Å². The minimum Gasteiger partial charge on any atom is -0.144 e. The second-order valence-electron chi connectivity index (χ2n) is 4.08. The Labute approximate surface area is 130 Å². The molecule has 98 valence electrons. The SMILES string of the molecule is C(=C\c1cccs1)/C(=C1SCCCS1)c1cccs1. The first-order valence-corrected chi connectivity index (χ1v) is 9.92. The summed E-state index contributed by atoms with van der Waals surface area (Å²) in [6.45, 7) is 0. The Morgan fingerprint density at radius 1 is 1.00 bits per heavy atom. The normalized spacial score (nSPS) is 16.1. The van der Waals surface area contributed by atoms with Gasteiger partial charge in [0.15, 0.2) is 0 Å². The monoisotopic (exact) mass is 322 g/mol. The van der Waals surface area contributed by atoms with Crippen LogP contribution in [0, 0.1) is 0 Å². The molecule has 1 saturated heterocycles. The summed E-state index contributed by atoms with van der Waals surface area (Å²) in [6, 6.07) is 8.63. The molecule has 4 heteroatoms. The van der Waals surface area contributed by atoms with E-state index in [0.29, 0.717) is 0 Å². The lowest BCUT2D eigenvalue weighted by molar-refractivity contribution is 1.12. The zero-order valence-electron chi connectivity index (χ0n) is 10.4. The molecule has 3 rings (SSSR count). The fourth-order valence-electron chi connectivity index (χ4n) is 1.82. The average Bonchev–Trinajstić information content (AvgIpc) is 3.13. The van der Waals surface area contributed by atoms with E-state index in [2.05, 4.69) is 47.2 Å². The van der Waals surface area contributed by atoms with E-state index >= 15 is 0 Å². The highest BCUT2D eigenvalue weighted by Gasteiger charge is 2.13. The molecule has 0 saturated carbocycles. The topological polar surface area (TPSA) is 0 Å². The lowest BCUT2D eigenvalue weighted by Crippen LogP contribution is -1.93. The molecule has 1 aliphatic heterocycles. The maximum absolute atomic E-state index is 2.29. The van der Waals surface area contributed by atoms with Gasteiger partial charge in [-0.2, -0.15) is 0 Å². The molecule has 0 nitrogen and oxygen atoms in total. The lowest BCUT2D eigenvalue weighted by Gasteiger charge is -2.15. The molecule has 0 aliphatic carbocycles. The molecule has 0 amide bonds. The summed E-state index contributed by atoms with van der Waals surface area (Å²) in [7, 11) is 0. The van der Waals surface area contributed by atoms with Gasteiger partial charge >= 0.3 is 0 Å². The van der Waals surface area contributed by atoms with Gasteiger partial charge in [-0.15, -0.1) is 46.2 Å². The molecule has 0 aromatic carbocycles. The van der Waals surface area contributed by atoms with Crippen molar-refractivity contribution >= 4 is 57.8 Å². The molecule has 2 aromatic rings. The van der Waals surface area contributed by atoms with Crippen molar-refractivity contribution in [2.24, 2.45) is 0 Å². The third kappa shape index (κ3) is 3.57. The van der Waals surface area contributed by atoms with E-state index in [0.717, 1.165) is 0 Å². The Bertz CT molecular complexity index is 553. The Kier molecular flexibility index (Phi) is 4.88. The first-order valence-electron chi connectivity index (χ1n) is 6.19. The minimum absolute atomic E-state index is 1.25. The Balaban J connectivity index is 1.92. The van der Waals surface area contributed by atoms with Crippen LogP contribution in [0.5, 0.6) is 0 Å². The van der Waals surface area contributed by atoms with Crippen molar-refractivity contribution in [1.29, 1.82) is 0 Å². The first-order chi connectivity index (χ1) is 9.43. The summed E-state index contributed by atoms with van der Waals surface area (Å²) < 4.78 is 1.49. The van der Waals surface area contributed by atoms with Gasteiger partial charge in [0.2, 0.25) is 0 Å². The van der Waals surface area contributed by atoms with E-state index in [9.17, 15) is 0 Å². The number of thioether (sulfide) groups is 2. The van der Waals surface area contributed by atoms with Gasteiger partial charge in [0.05, 0.1) is 0 Å². The van der Waals surface area contributed by atoms with Crippen LogP contribution < -0.4 is 0 Å². The van der Waals surface area contributed by atoms with Gasteiger partial charge in [0, 0.05) is 19.6 Å². The minimum atomic E-state index is 1.25. The molecule has 1 aliphatic rings. The van der Waals surface area contributed by atoms with Gasteiger partial charge in [-0.3, -0.25) is 0 Å². The second-order valence-corrected chi connectivity index (χ2v) is 8.47. The van der Waals surface area contributed by atoms with Crippen molar-refractivity contribution in [3.63, 3.8) is 0 Å². The molecule has 2 aromatic heterocycles. The molecule has 0 bridgehead atoms. The highest BCUT2D eigenvalue weighted by atomic mass is 32.2. The van der Waals surface area contributed by atoms with Gasteiger partial charge < -0.3 is 0 Å². The highest BCUT2D eigenvalue weighted by Crippen LogP contribution is 2.42. The predicted molar refractivity (Wildman–Crippen MR) is 94.1 cm³/mol. The zero-order valence-corrected chi connectivity index (χ0v) is 13.6. The predicted octanol–water partition coefficient (Wildman–Crippen LogP) is 6.06. The Morgan fingerprint density at radius 2 is 1.79 bits per heavy atom. The van der Waals surface area contributed by atoms with Crippen LogP contribution in [-0.2, 0) is 0 Å². The summed E-state index contributed by atoms with van der Waals surface area (Å²) >= 11 is 7.63. The number of rotatable bonds is 3. The van der Waals surface area contributed by atoms with Crippen molar-refractivity contribution in [3.05, 3.63) is 55.1 Å². The zero-order chi connectivity index (χ0) is 12.9. The lowest BCUT2D eigenvalue weighted by atomic mass is 10.2. The van der Waals surface area contributed by atoms with E-state index in [1.54, 1.807) is 11.3 Å². The van der Waals surface area contributed by atoms with Crippen LogP contribution in [0.2, 0.25) is 0 Å². The Morgan fingerprint density at radius 3 is 2.47 bits per heavy atom. The van der Waals surface area contributed by atoms with Crippen LogP contribution in [0.25, 0.3) is 11.6 Å². The third-order valence-electron chi connectivity index (χ3n) is 2.72. The van der Waals surface area contributed by atoms with Gasteiger partial charge in [-0.1, -0.05) is 18.2 Å². The van der Waals surface area contributed by atoms with Crippen LogP contribution in [0.15, 0.2) is 45.3 Å². The fraction of sp³-hybridized carbons (Fsp3) is 0.200. The second kappa shape index (κ2) is 6.84. The molecule has 0 radical (unpaired) electrons. The molecule has 19 heavy (non-hydrogen) atoms. The van der Waals surface area contributed by atoms with Crippen molar-refractivity contribution in [2.75, 3.05) is 11.5 Å². The third-order valence-corrected chi connectivity index (χ3v) is 7.12. The highest BCUT2D eigenvalue weighted by molar-refractivity contribution is 8.23. The van der Waals surface area contributed by atoms with Crippen LogP contribution in [0.3, 0.4) is 0 Å². The van der Waals surface area contributed by atoms with E-state index < -0.39 is 0 Å². The summed E-state index contributed by atoms with van der Waals surface area (Å²) in [5.41, 5.74) is 1.40. The molecule has 3 heterocycles. The maximum atomic E-state index is 2.29. The molecule has 0 atom stereocenters. The van der Waals surface area contributed by atoms with Gasteiger partial charge in [-0.25, -0.2) is 0 Å². The van der Waals surface area contributed by atoms with Crippen molar-refractivity contribution in [1.82, 2.24) is 0 Å². The number of thiophene rings is 2. The average molecular weight is 323 g/mol. The summed E-state index contributed by atoms with van der Waals surface area (Å²) in [5.74, 6) is 2.51. The molecule has 1 fully saturated rings. The molecular formula is C15H14S4. The summed E-state index contributed by atoms with van der Waals surface area (Å²) in [6.07, 6.45) is 5.85. The summed E-state index contributed by atoms with van der Waals surface area (Å²) in [5, 5.41) is 4.29. The maximum Gasteiger partial charge on any atom is 0.0488 e. The number of hydrogen-bond donors (Lipinski definition) is 0. The number of allylic oxidation sites excluding steroid dienone is 2. The summed E-state index contributed by atoms with van der Waals surface area (Å²) in [4.78, 5) is 2.70. The van der Waals surface area contributed by atoms with E-state index in [-0.39, 0.29) is 0 Å². The van der Waals surface area contributed by atoms with Crippen molar-refractivity contribution < 1.29 is 0 Å². The fourth-order valence-corrected chi connectivity index (χ4v) is 5.96. The van der Waals surface area contributed by atoms with Gasteiger partial charge in [0.1, 0.15) is 0 Å². The largest absolute Gasteiger partial charge is 0.144 e. The van der Waals surface area contributed by atoms with Gasteiger partial charge in [-0.05, 0) is 46.9 Å².